The van der Waals surface area contributed by atoms with Crippen molar-refractivity contribution >= 4 is 22.6 Å². The van der Waals surface area contributed by atoms with E-state index in [-0.39, 0.29) is 17.5 Å². The van der Waals surface area contributed by atoms with E-state index in [4.69, 9.17) is 4.74 Å². The van der Waals surface area contributed by atoms with Crippen molar-refractivity contribution in [1.82, 2.24) is 25.6 Å². The van der Waals surface area contributed by atoms with Gasteiger partial charge in [0.15, 0.2) is 0 Å². The molecule has 1 saturated heterocycles. The Balaban J connectivity index is 1.56. The Hall–Kier alpha value is -4.24. The van der Waals surface area contributed by atoms with Crippen LogP contribution in [0.3, 0.4) is 0 Å². The molecule has 0 spiro atoms. The third-order valence-corrected chi connectivity index (χ3v) is 6.76. The molecule has 4 aromatic rings. The number of nitrogens with one attached hydrogen (secondary N) is 3. The van der Waals surface area contributed by atoms with E-state index in [1.54, 1.807) is 27.3 Å². The zero-order valence-electron chi connectivity index (χ0n) is 21.2. The maximum Gasteiger partial charge on any atom is 0.269 e. The van der Waals surface area contributed by atoms with Crippen molar-refractivity contribution in [2.24, 2.45) is 0 Å². The first-order chi connectivity index (χ1) is 18.0. The van der Waals surface area contributed by atoms with E-state index in [0.29, 0.717) is 16.9 Å². The molecule has 0 bridgehead atoms. The minimum absolute atomic E-state index is 0.134. The van der Waals surface area contributed by atoms with Crippen LogP contribution in [-0.2, 0) is 6.42 Å². The number of aryl methyl sites for hydroxylation is 1. The van der Waals surface area contributed by atoms with Gasteiger partial charge in [0.05, 0.1) is 18.1 Å². The molecule has 1 unspecified atom stereocenters. The molecule has 3 N–H and O–H groups in total. The Morgan fingerprint density at radius 2 is 2.08 bits per heavy atom. The van der Waals surface area contributed by atoms with Gasteiger partial charge in [0, 0.05) is 50.2 Å². The summed E-state index contributed by atoms with van der Waals surface area (Å²) in [4.78, 5) is 38.8. The second-order valence-corrected chi connectivity index (χ2v) is 9.16. The normalized spacial score (nSPS) is 15.5. The minimum Gasteiger partial charge on any atom is -0.497 e. The van der Waals surface area contributed by atoms with Crippen LogP contribution in [0.2, 0.25) is 0 Å². The van der Waals surface area contributed by atoms with Crippen LogP contribution in [-0.4, -0.2) is 60.7 Å². The zero-order chi connectivity index (χ0) is 25.9. The molecule has 9 nitrogen and oxygen atoms in total. The molecule has 1 aliphatic heterocycles. The van der Waals surface area contributed by atoms with Crippen LogP contribution < -0.4 is 25.8 Å². The van der Waals surface area contributed by atoms with Crippen molar-refractivity contribution in [3.63, 3.8) is 0 Å². The summed E-state index contributed by atoms with van der Waals surface area (Å²) in [6.45, 7) is 4.15. The number of anilines is 1. The molecule has 190 valence electrons. The van der Waals surface area contributed by atoms with Gasteiger partial charge in [-0.15, -0.1) is 0 Å². The summed E-state index contributed by atoms with van der Waals surface area (Å²) in [7, 11) is 3.25. The fourth-order valence-electron chi connectivity index (χ4n) is 4.88. The highest BCUT2D eigenvalue weighted by Gasteiger charge is 2.24. The number of aromatic amines is 1. The van der Waals surface area contributed by atoms with Gasteiger partial charge in [-0.25, -0.2) is 4.98 Å². The van der Waals surface area contributed by atoms with Crippen LogP contribution in [0.5, 0.6) is 5.75 Å². The topological polar surface area (TPSA) is 112 Å². The second kappa shape index (κ2) is 10.4. The predicted molar refractivity (Wildman–Crippen MR) is 144 cm³/mol. The van der Waals surface area contributed by atoms with E-state index in [1.165, 1.54) is 0 Å². The summed E-state index contributed by atoms with van der Waals surface area (Å²) in [5.41, 5.74) is 6.01. The van der Waals surface area contributed by atoms with E-state index in [0.717, 1.165) is 59.7 Å². The number of hydrogen-bond donors (Lipinski definition) is 3. The number of ether oxygens (including phenoxy) is 1. The van der Waals surface area contributed by atoms with Crippen LogP contribution in [0.1, 0.15) is 21.7 Å². The first kappa shape index (κ1) is 24.5. The number of rotatable bonds is 6. The number of piperazine rings is 1. The van der Waals surface area contributed by atoms with Crippen molar-refractivity contribution < 1.29 is 9.53 Å². The maximum absolute atomic E-state index is 12.4. The lowest BCUT2D eigenvalue weighted by molar-refractivity contribution is 0.0958. The highest BCUT2D eigenvalue weighted by Crippen LogP contribution is 2.31. The van der Waals surface area contributed by atoms with E-state index < -0.39 is 0 Å². The molecule has 37 heavy (non-hydrogen) atoms. The number of H-pyrrole nitrogens is 1. The summed E-state index contributed by atoms with van der Waals surface area (Å²) >= 11 is 0. The van der Waals surface area contributed by atoms with Crippen LogP contribution in [0.25, 0.3) is 22.2 Å². The number of benzene rings is 2. The molecular formula is C28H30N6O3. The van der Waals surface area contributed by atoms with Gasteiger partial charge in [-0.3, -0.25) is 14.6 Å². The first-order valence-corrected chi connectivity index (χ1v) is 12.3. The Morgan fingerprint density at radius 3 is 2.89 bits per heavy atom. The van der Waals surface area contributed by atoms with Gasteiger partial charge in [-0.1, -0.05) is 12.1 Å². The number of aromatic nitrogens is 3. The van der Waals surface area contributed by atoms with E-state index in [2.05, 4.69) is 36.6 Å². The molecule has 1 amide bonds. The van der Waals surface area contributed by atoms with Gasteiger partial charge in [0.1, 0.15) is 17.1 Å². The lowest BCUT2D eigenvalue weighted by Gasteiger charge is -2.38. The number of carbonyl (C=O) groups excluding carboxylic acids is 1. The molecule has 1 fully saturated rings. The van der Waals surface area contributed by atoms with Gasteiger partial charge < -0.3 is 25.3 Å². The number of pyridine rings is 1. The average molecular weight is 499 g/mol. The van der Waals surface area contributed by atoms with Crippen molar-refractivity contribution in [2.75, 3.05) is 38.7 Å². The molecule has 2 aromatic heterocycles. The number of fused-ring (bicyclic) bond motifs is 1. The molecule has 3 heterocycles. The number of methoxy groups -OCH3 is 1. The Bertz CT molecular complexity index is 1520. The molecule has 1 aliphatic rings. The molecule has 0 saturated carbocycles. The number of hydrogen-bond acceptors (Lipinski definition) is 7. The number of nitrogens with zero attached hydrogens (tertiary/aromatic N) is 3. The van der Waals surface area contributed by atoms with E-state index >= 15 is 0 Å². The number of carbonyl (C=O) groups is 1. The minimum atomic E-state index is -0.210. The Labute approximate surface area is 214 Å². The van der Waals surface area contributed by atoms with Crippen LogP contribution in [0, 0.1) is 6.92 Å². The molecule has 0 aliphatic carbocycles. The lowest BCUT2D eigenvalue weighted by atomic mass is 9.96. The van der Waals surface area contributed by atoms with E-state index in [1.807, 2.05) is 42.5 Å². The van der Waals surface area contributed by atoms with Crippen molar-refractivity contribution in [3.8, 4) is 16.9 Å². The van der Waals surface area contributed by atoms with Crippen molar-refractivity contribution in [3.05, 3.63) is 82.0 Å². The standard InChI is InChI=1S/C28H30N6O3/c1-17-27(35)33-24-13-18(12-23(26(24)32-17)19-5-4-6-22(14-19)37-3)11-21-16-30-9-10-34(21)20-7-8-31-25(15-20)28(36)29-2/h4-8,12-15,21,30H,9-11,16H2,1-3H3,(H,29,36)(H,33,35). The van der Waals surface area contributed by atoms with Crippen LogP contribution in [0.4, 0.5) is 5.69 Å². The summed E-state index contributed by atoms with van der Waals surface area (Å²) in [5.74, 6) is 0.544. The molecule has 5 rings (SSSR count). The SMILES string of the molecule is CNC(=O)c1cc(N2CCNCC2Cc2cc(-c3cccc(OC)c3)c3nc(C)c(=O)[nH]c3c2)ccn1. The van der Waals surface area contributed by atoms with Crippen molar-refractivity contribution in [2.45, 2.75) is 19.4 Å². The van der Waals surface area contributed by atoms with Gasteiger partial charge in [0.2, 0.25) is 0 Å². The fourth-order valence-corrected chi connectivity index (χ4v) is 4.88. The smallest absolute Gasteiger partial charge is 0.269 e. The van der Waals surface area contributed by atoms with Crippen molar-refractivity contribution in [1.29, 1.82) is 0 Å². The lowest BCUT2D eigenvalue weighted by Crippen LogP contribution is -2.52. The predicted octanol–water partition coefficient (Wildman–Crippen LogP) is 2.68. The summed E-state index contributed by atoms with van der Waals surface area (Å²) in [5, 5.41) is 6.14. The highest BCUT2D eigenvalue weighted by atomic mass is 16.5. The molecule has 2 aromatic carbocycles. The number of amides is 1. The quantitative estimate of drug-likeness (QED) is 0.375. The molecular weight excluding hydrogens is 468 g/mol. The summed E-state index contributed by atoms with van der Waals surface area (Å²) in [6.07, 6.45) is 2.40. The summed E-state index contributed by atoms with van der Waals surface area (Å²) < 4.78 is 5.45. The molecule has 0 radical (unpaired) electrons. The monoisotopic (exact) mass is 498 g/mol. The Kier molecular flexibility index (Phi) is 6.87. The largest absolute Gasteiger partial charge is 0.497 e. The van der Waals surface area contributed by atoms with Crippen LogP contribution in [0.15, 0.2) is 59.5 Å². The fraction of sp³-hybridized carbons (Fsp3) is 0.286. The van der Waals surface area contributed by atoms with E-state index in [9.17, 15) is 9.59 Å². The third kappa shape index (κ3) is 5.03. The van der Waals surface area contributed by atoms with Gasteiger partial charge in [-0.2, -0.15) is 0 Å². The Morgan fingerprint density at radius 1 is 1.22 bits per heavy atom. The second-order valence-electron chi connectivity index (χ2n) is 9.16. The molecule has 9 heteroatoms. The molecule has 1 atom stereocenters. The maximum atomic E-state index is 12.4. The van der Waals surface area contributed by atoms with Gasteiger partial charge in [-0.05, 0) is 60.9 Å². The average Bonchev–Trinajstić information content (AvgIpc) is 2.93. The summed E-state index contributed by atoms with van der Waals surface area (Å²) in [6, 6.07) is 15.9. The van der Waals surface area contributed by atoms with Crippen LogP contribution >= 0.6 is 0 Å². The van der Waals surface area contributed by atoms with Gasteiger partial charge in [0.25, 0.3) is 11.5 Å². The highest BCUT2D eigenvalue weighted by molar-refractivity contribution is 5.93. The van der Waals surface area contributed by atoms with Gasteiger partial charge >= 0.3 is 0 Å². The zero-order valence-corrected chi connectivity index (χ0v) is 21.2. The first-order valence-electron chi connectivity index (χ1n) is 12.3. The third-order valence-electron chi connectivity index (χ3n) is 6.76.